The number of amides is 1. The number of rotatable bonds is 2. The molecule has 2 aromatic carbocycles. The first-order chi connectivity index (χ1) is 12.7. The summed E-state index contributed by atoms with van der Waals surface area (Å²) in [5.41, 5.74) is 5.54. The van der Waals surface area contributed by atoms with Crippen LogP contribution in [0.25, 0.3) is 21.8 Å². The monoisotopic (exact) mass is 343 g/mol. The van der Waals surface area contributed by atoms with Crippen LogP contribution in [0.4, 0.5) is 0 Å². The summed E-state index contributed by atoms with van der Waals surface area (Å²) in [6.07, 6.45) is 5.16. The van der Waals surface area contributed by atoms with Crippen molar-refractivity contribution in [3.63, 3.8) is 0 Å². The molecule has 0 saturated carbocycles. The van der Waals surface area contributed by atoms with Gasteiger partial charge in [-0.1, -0.05) is 18.2 Å². The average Bonchev–Trinajstić information content (AvgIpc) is 3.23. The summed E-state index contributed by atoms with van der Waals surface area (Å²) in [5.74, 6) is -0.00717. The maximum Gasteiger partial charge on any atom is 0.251 e. The van der Waals surface area contributed by atoms with E-state index in [0.29, 0.717) is 5.56 Å². The van der Waals surface area contributed by atoms with Crippen LogP contribution < -0.4 is 5.32 Å². The lowest BCUT2D eigenvalue weighted by atomic mass is 9.91. The Morgan fingerprint density at radius 3 is 3.00 bits per heavy atom. The fourth-order valence-corrected chi connectivity index (χ4v) is 4.22. The summed E-state index contributed by atoms with van der Waals surface area (Å²) < 4.78 is 2.06. The Kier molecular flexibility index (Phi) is 3.38. The summed E-state index contributed by atoms with van der Waals surface area (Å²) in [7, 11) is 2.02. The maximum absolute atomic E-state index is 12.9. The molecule has 1 amide bonds. The van der Waals surface area contributed by atoms with Gasteiger partial charge in [-0.25, -0.2) is 0 Å². The summed E-state index contributed by atoms with van der Waals surface area (Å²) in [6, 6.07) is 16.4. The third-order valence-electron chi connectivity index (χ3n) is 5.57. The van der Waals surface area contributed by atoms with Gasteiger partial charge >= 0.3 is 0 Å². The zero-order chi connectivity index (χ0) is 17.7. The number of para-hydroxylation sites is 1. The Hall–Kier alpha value is -3.01. The summed E-state index contributed by atoms with van der Waals surface area (Å²) in [5, 5.41) is 5.62. The Labute approximate surface area is 151 Å². The molecule has 1 unspecified atom stereocenters. The number of carbonyl (C=O) groups excluding carboxylic acids is 1. The van der Waals surface area contributed by atoms with E-state index in [1.165, 1.54) is 16.6 Å². The molecule has 0 radical (unpaired) electrons. The molecule has 2 heterocycles. The SMILES string of the molecule is Cn1ccc2cc(C(=O)NC3CCCc4c3[nH]c3ccccc43)ccc21. The van der Waals surface area contributed by atoms with Crippen LogP contribution >= 0.6 is 0 Å². The van der Waals surface area contributed by atoms with Gasteiger partial charge in [-0.05, 0) is 55.2 Å². The fourth-order valence-electron chi connectivity index (χ4n) is 4.22. The molecule has 0 bridgehead atoms. The molecule has 1 aliphatic carbocycles. The second-order valence-electron chi connectivity index (χ2n) is 7.18. The number of hydrogen-bond donors (Lipinski definition) is 2. The van der Waals surface area contributed by atoms with Crippen molar-refractivity contribution in [1.29, 1.82) is 0 Å². The molecule has 0 fully saturated rings. The van der Waals surface area contributed by atoms with Crippen molar-refractivity contribution in [1.82, 2.24) is 14.9 Å². The molecule has 0 saturated heterocycles. The van der Waals surface area contributed by atoms with Gasteiger partial charge in [-0.3, -0.25) is 4.79 Å². The number of H-pyrrole nitrogens is 1. The second-order valence-corrected chi connectivity index (χ2v) is 7.18. The molecular formula is C22H21N3O. The highest BCUT2D eigenvalue weighted by molar-refractivity contribution is 5.98. The standard InChI is InChI=1S/C22H21N3O/c1-25-12-11-14-13-15(9-10-20(14)25)22(26)24-19-8-4-6-17-16-5-2-3-7-18(16)23-21(17)19/h2-3,5,7,9-13,19,23H,4,6,8H2,1H3,(H,24,26). The van der Waals surface area contributed by atoms with Gasteiger partial charge in [0, 0.05) is 46.3 Å². The third kappa shape index (κ3) is 2.33. The zero-order valence-electron chi connectivity index (χ0n) is 14.8. The van der Waals surface area contributed by atoms with Gasteiger partial charge < -0.3 is 14.9 Å². The maximum atomic E-state index is 12.9. The van der Waals surface area contributed by atoms with Crippen molar-refractivity contribution in [3.05, 3.63) is 71.5 Å². The van der Waals surface area contributed by atoms with Gasteiger partial charge in [0.25, 0.3) is 5.91 Å². The normalized spacial score (nSPS) is 16.7. The van der Waals surface area contributed by atoms with E-state index in [1.54, 1.807) is 0 Å². The minimum Gasteiger partial charge on any atom is -0.356 e. The van der Waals surface area contributed by atoms with E-state index in [4.69, 9.17) is 0 Å². The number of nitrogens with one attached hydrogen (secondary N) is 2. The van der Waals surface area contributed by atoms with Crippen molar-refractivity contribution in [2.45, 2.75) is 25.3 Å². The molecule has 0 aliphatic heterocycles. The van der Waals surface area contributed by atoms with Crippen LogP contribution in [-0.2, 0) is 13.5 Å². The molecule has 5 rings (SSSR count). The number of fused-ring (bicyclic) bond motifs is 4. The smallest absolute Gasteiger partial charge is 0.251 e. The van der Waals surface area contributed by atoms with Gasteiger partial charge in [0.05, 0.1) is 6.04 Å². The van der Waals surface area contributed by atoms with Gasteiger partial charge in [-0.2, -0.15) is 0 Å². The highest BCUT2D eigenvalue weighted by Gasteiger charge is 2.25. The minimum absolute atomic E-state index is 0.00717. The van der Waals surface area contributed by atoms with Crippen LogP contribution in [0.1, 0.15) is 40.5 Å². The van der Waals surface area contributed by atoms with E-state index in [0.717, 1.165) is 35.7 Å². The van der Waals surface area contributed by atoms with Crippen LogP contribution in [0.3, 0.4) is 0 Å². The molecule has 4 aromatic rings. The van der Waals surface area contributed by atoms with E-state index >= 15 is 0 Å². The number of aromatic nitrogens is 2. The average molecular weight is 343 g/mol. The minimum atomic E-state index is -0.00717. The number of carbonyl (C=O) groups is 1. The van der Waals surface area contributed by atoms with Crippen molar-refractivity contribution >= 4 is 27.7 Å². The van der Waals surface area contributed by atoms with Gasteiger partial charge in [0.2, 0.25) is 0 Å². The number of hydrogen-bond acceptors (Lipinski definition) is 1. The van der Waals surface area contributed by atoms with Crippen molar-refractivity contribution in [2.24, 2.45) is 7.05 Å². The largest absolute Gasteiger partial charge is 0.356 e. The molecular weight excluding hydrogens is 322 g/mol. The lowest BCUT2D eigenvalue weighted by Gasteiger charge is -2.24. The zero-order valence-corrected chi connectivity index (χ0v) is 14.8. The Morgan fingerprint density at radius 2 is 2.08 bits per heavy atom. The van der Waals surface area contributed by atoms with Gasteiger partial charge in [0.15, 0.2) is 0 Å². The van der Waals surface area contributed by atoms with Gasteiger partial charge in [-0.15, -0.1) is 0 Å². The van der Waals surface area contributed by atoms with E-state index < -0.39 is 0 Å². The Bertz CT molecular complexity index is 1130. The highest BCUT2D eigenvalue weighted by atomic mass is 16.1. The van der Waals surface area contributed by atoms with Crippen molar-refractivity contribution < 1.29 is 4.79 Å². The molecule has 4 heteroatoms. The van der Waals surface area contributed by atoms with Crippen LogP contribution in [0, 0.1) is 0 Å². The second kappa shape index (κ2) is 5.77. The van der Waals surface area contributed by atoms with Crippen LogP contribution in [0.5, 0.6) is 0 Å². The number of benzene rings is 2. The fraction of sp³-hybridized carbons (Fsp3) is 0.227. The quantitative estimate of drug-likeness (QED) is 0.554. The molecule has 0 spiro atoms. The Balaban J connectivity index is 1.47. The van der Waals surface area contributed by atoms with E-state index in [2.05, 4.69) is 33.1 Å². The highest BCUT2D eigenvalue weighted by Crippen LogP contribution is 2.34. The predicted octanol–water partition coefficient (Wildman–Crippen LogP) is 4.47. The van der Waals surface area contributed by atoms with E-state index in [9.17, 15) is 4.79 Å². The van der Waals surface area contributed by atoms with Crippen LogP contribution in [0.15, 0.2) is 54.7 Å². The summed E-state index contributed by atoms with van der Waals surface area (Å²) in [6.45, 7) is 0. The predicted molar refractivity (Wildman–Crippen MR) is 104 cm³/mol. The lowest BCUT2D eigenvalue weighted by Crippen LogP contribution is -2.31. The van der Waals surface area contributed by atoms with Crippen molar-refractivity contribution in [3.8, 4) is 0 Å². The first kappa shape index (κ1) is 15.3. The number of aromatic amines is 1. The van der Waals surface area contributed by atoms with E-state index in [1.807, 2.05) is 43.6 Å². The molecule has 1 aliphatic rings. The molecule has 130 valence electrons. The molecule has 2 N–H and O–H groups in total. The van der Waals surface area contributed by atoms with Crippen LogP contribution in [0.2, 0.25) is 0 Å². The number of aryl methyl sites for hydroxylation is 2. The molecule has 2 aromatic heterocycles. The topological polar surface area (TPSA) is 49.8 Å². The Morgan fingerprint density at radius 1 is 1.19 bits per heavy atom. The van der Waals surface area contributed by atoms with E-state index in [-0.39, 0.29) is 11.9 Å². The molecule has 4 nitrogen and oxygen atoms in total. The third-order valence-corrected chi connectivity index (χ3v) is 5.57. The first-order valence-corrected chi connectivity index (χ1v) is 9.16. The number of nitrogens with zero attached hydrogens (tertiary/aromatic N) is 1. The van der Waals surface area contributed by atoms with Crippen LogP contribution in [-0.4, -0.2) is 15.5 Å². The van der Waals surface area contributed by atoms with Gasteiger partial charge in [0.1, 0.15) is 0 Å². The first-order valence-electron chi connectivity index (χ1n) is 9.16. The summed E-state index contributed by atoms with van der Waals surface area (Å²) in [4.78, 5) is 16.4. The molecule has 26 heavy (non-hydrogen) atoms. The molecule has 1 atom stereocenters. The van der Waals surface area contributed by atoms with Crippen molar-refractivity contribution in [2.75, 3.05) is 0 Å². The summed E-state index contributed by atoms with van der Waals surface area (Å²) >= 11 is 0. The lowest BCUT2D eigenvalue weighted by molar-refractivity contribution is 0.0932.